The summed E-state index contributed by atoms with van der Waals surface area (Å²) in [6.07, 6.45) is 0.850. The van der Waals surface area contributed by atoms with Crippen molar-refractivity contribution in [3.63, 3.8) is 0 Å². The molecule has 2 heterocycles. The summed E-state index contributed by atoms with van der Waals surface area (Å²) in [6, 6.07) is 8.01. The van der Waals surface area contributed by atoms with E-state index in [2.05, 4.69) is 27.4 Å². The van der Waals surface area contributed by atoms with Crippen molar-refractivity contribution in [1.82, 2.24) is 9.97 Å². The molecule has 0 saturated heterocycles. The highest BCUT2D eigenvalue weighted by Crippen LogP contribution is 2.34. The van der Waals surface area contributed by atoms with Gasteiger partial charge in [0.15, 0.2) is 0 Å². The van der Waals surface area contributed by atoms with Crippen LogP contribution in [0.5, 0.6) is 5.75 Å². The smallest absolute Gasteiger partial charge is 0.348 e. The van der Waals surface area contributed by atoms with E-state index in [4.69, 9.17) is 9.47 Å². The Bertz CT molecular complexity index is 951. The van der Waals surface area contributed by atoms with Gasteiger partial charge in [0, 0.05) is 6.54 Å². The molecule has 0 radical (unpaired) electrons. The Balaban J connectivity index is 1.81. The van der Waals surface area contributed by atoms with E-state index in [0.29, 0.717) is 17.3 Å². The summed E-state index contributed by atoms with van der Waals surface area (Å²) in [6.45, 7) is 6.65. The summed E-state index contributed by atoms with van der Waals surface area (Å²) in [5.74, 6) is 1.97. The van der Waals surface area contributed by atoms with Crippen molar-refractivity contribution in [2.45, 2.75) is 27.2 Å². The first-order valence-electron chi connectivity index (χ1n) is 8.85. The highest BCUT2D eigenvalue weighted by Gasteiger charge is 2.20. The number of hydrogen-bond acceptors (Lipinski definition) is 7. The summed E-state index contributed by atoms with van der Waals surface area (Å²) in [7, 11) is 1.66. The van der Waals surface area contributed by atoms with Gasteiger partial charge in [0.1, 0.15) is 27.1 Å². The molecular formula is C20H23N3O3S. The molecular weight excluding hydrogens is 362 g/mol. The second kappa shape index (κ2) is 8.35. The predicted molar refractivity (Wildman–Crippen MR) is 108 cm³/mol. The van der Waals surface area contributed by atoms with Crippen LogP contribution in [0.4, 0.5) is 5.82 Å². The number of fused-ring (bicyclic) bond motifs is 1. The lowest BCUT2D eigenvalue weighted by Gasteiger charge is -2.09. The van der Waals surface area contributed by atoms with Crippen LogP contribution in [0.1, 0.15) is 33.5 Å². The fourth-order valence-corrected chi connectivity index (χ4v) is 4.00. The van der Waals surface area contributed by atoms with E-state index in [9.17, 15) is 4.79 Å². The monoisotopic (exact) mass is 385 g/mol. The molecule has 7 heteroatoms. The number of nitrogens with one attached hydrogen (secondary N) is 1. The standard InChI is InChI=1S/C20H23N3O3S/c1-5-26-20(24)17-12(2)16-18(22-13(3)23-19(16)27-17)21-11-10-14-6-8-15(25-4)9-7-14/h6-9H,5,10-11H2,1-4H3,(H,21,22,23). The highest BCUT2D eigenvalue weighted by molar-refractivity contribution is 7.20. The quantitative estimate of drug-likeness (QED) is 0.616. The summed E-state index contributed by atoms with van der Waals surface area (Å²) < 4.78 is 10.3. The second-order valence-electron chi connectivity index (χ2n) is 6.10. The molecule has 0 aliphatic heterocycles. The molecule has 3 aromatic rings. The lowest BCUT2D eigenvalue weighted by atomic mass is 10.1. The number of aromatic nitrogens is 2. The van der Waals surface area contributed by atoms with Gasteiger partial charge >= 0.3 is 5.97 Å². The minimum absolute atomic E-state index is 0.306. The van der Waals surface area contributed by atoms with Gasteiger partial charge in [-0.15, -0.1) is 11.3 Å². The summed E-state index contributed by atoms with van der Waals surface area (Å²) >= 11 is 1.35. The molecule has 1 N–H and O–H groups in total. The number of hydrogen-bond donors (Lipinski definition) is 1. The van der Waals surface area contributed by atoms with Crippen LogP contribution in [0.2, 0.25) is 0 Å². The summed E-state index contributed by atoms with van der Waals surface area (Å²) in [5, 5.41) is 4.29. The number of benzene rings is 1. The molecule has 0 bridgehead atoms. The molecule has 0 atom stereocenters. The maximum Gasteiger partial charge on any atom is 0.348 e. The Morgan fingerprint density at radius 2 is 1.93 bits per heavy atom. The molecule has 0 aliphatic carbocycles. The Kier molecular flexibility index (Phi) is 5.91. The van der Waals surface area contributed by atoms with Crippen LogP contribution in [0, 0.1) is 13.8 Å². The predicted octanol–water partition coefficient (Wildman–Crippen LogP) is 4.15. The normalized spacial score (nSPS) is 10.8. The molecule has 142 valence electrons. The Hall–Kier alpha value is -2.67. The molecule has 3 rings (SSSR count). The first-order chi connectivity index (χ1) is 13.0. The van der Waals surface area contributed by atoms with Gasteiger partial charge in [-0.05, 0) is 50.5 Å². The Labute approximate surface area is 162 Å². The maximum absolute atomic E-state index is 12.2. The maximum atomic E-state index is 12.2. The van der Waals surface area contributed by atoms with Crippen molar-refractivity contribution in [3.05, 3.63) is 46.1 Å². The fraction of sp³-hybridized carbons (Fsp3) is 0.350. The molecule has 0 fully saturated rings. The van der Waals surface area contributed by atoms with Crippen molar-refractivity contribution in [2.24, 2.45) is 0 Å². The lowest BCUT2D eigenvalue weighted by molar-refractivity contribution is 0.0531. The largest absolute Gasteiger partial charge is 0.497 e. The minimum atomic E-state index is -0.306. The van der Waals surface area contributed by atoms with Crippen molar-refractivity contribution in [1.29, 1.82) is 0 Å². The topological polar surface area (TPSA) is 73.3 Å². The van der Waals surface area contributed by atoms with Crippen molar-refractivity contribution in [2.75, 3.05) is 25.6 Å². The molecule has 1 aromatic carbocycles. The molecule has 0 saturated carbocycles. The lowest BCUT2D eigenvalue weighted by Crippen LogP contribution is -2.08. The molecule has 2 aromatic heterocycles. The van der Waals surface area contributed by atoms with Crippen LogP contribution < -0.4 is 10.1 Å². The van der Waals surface area contributed by atoms with Crippen molar-refractivity contribution < 1.29 is 14.3 Å². The Morgan fingerprint density at radius 3 is 2.59 bits per heavy atom. The van der Waals surface area contributed by atoms with Crippen molar-refractivity contribution in [3.8, 4) is 5.75 Å². The number of rotatable bonds is 7. The van der Waals surface area contributed by atoms with Gasteiger partial charge < -0.3 is 14.8 Å². The molecule has 27 heavy (non-hydrogen) atoms. The van der Waals surface area contributed by atoms with E-state index in [1.807, 2.05) is 26.0 Å². The zero-order valence-corrected chi connectivity index (χ0v) is 16.8. The number of esters is 1. The van der Waals surface area contributed by atoms with Crippen molar-refractivity contribution >= 4 is 33.3 Å². The van der Waals surface area contributed by atoms with E-state index in [0.717, 1.165) is 40.3 Å². The fourth-order valence-electron chi connectivity index (χ4n) is 2.88. The zero-order chi connectivity index (χ0) is 19.4. The van der Waals surface area contributed by atoms with E-state index in [-0.39, 0.29) is 5.97 Å². The molecule has 0 amide bonds. The van der Waals surface area contributed by atoms with E-state index in [1.54, 1.807) is 14.0 Å². The average Bonchev–Trinajstić information content (AvgIpc) is 2.99. The van der Waals surface area contributed by atoms with Gasteiger partial charge in [-0.25, -0.2) is 14.8 Å². The average molecular weight is 385 g/mol. The molecule has 0 spiro atoms. The minimum Gasteiger partial charge on any atom is -0.497 e. The van der Waals surface area contributed by atoms with Gasteiger partial charge in [0.05, 0.1) is 19.1 Å². The number of nitrogens with zero attached hydrogens (tertiary/aromatic N) is 2. The summed E-state index contributed by atoms with van der Waals surface area (Å²) in [4.78, 5) is 22.6. The number of thiophene rings is 1. The molecule has 6 nitrogen and oxygen atoms in total. The second-order valence-corrected chi connectivity index (χ2v) is 7.10. The van der Waals surface area contributed by atoms with Gasteiger partial charge in [-0.2, -0.15) is 0 Å². The number of ether oxygens (including phenoxy) is 2. The molecule has 0 unspecified atom stereocenters. The molecule has 0 aliphatic rings. The van der Waals surface area contributed by atoms with Gasteiger partial charge in [0.25, 0.3) is 0 Å². The van der Waals surface area contributed by atoms with E-state index >= 15 is 0 Å². The van der Waals surface area contributed by atoms with Gasteiger partial charge in [0.2, 0.25) is 0 Å². The third kappa shape index (κ3) is 4.19. The van der Waals surface area contributed by atoms with Gasteiger partial charge in [-0.3, -0.25) is 0 Å². The number of aryl methyl sites for hydroxylation is 2. The van der Waals surface area contributed by atoms with Crippen LogP contribution in [-0.4, -0.2) is 36.2 Å². The first-order valence-corrected chi connectivity index (χ1v) is 9.66. The van der Waals surface area contributed by atoms with Crippen LogP contribution in [0.15, 0.2) is 24.3 Å². The van der Waals surface area contributed by atoms with Crippen LogP contribution >= 0.6 is 11.3 Å². The van der Waals surface area contributed by atoms with Crippen LogP contribution in [-0.2, 0) is 11.2 Å². The number of methoxy groups -OCH3 is 1. The summed E-state index contributed by atoms with van der Waals surface area (Å²) in [5.41, 5.74) is 2.07. The van der Waals surface area contributed by atoms with Gasteiger partial charge in [-0.1, -0.05) is 12.1 Å². The van der Waals surface area contributed by atoms with Crippen LogP contribution in [0.25, 0.3) is 10.2 Å². The number of carbonyl (C=O) groups excluding carboxylic acids is 1. The third-order valence-corrected chi connectivity index (χ3v) is 5.39. The number of anilines is 1. The van der Waals surface area contributed by atoms with Crippen LogP contribution in [0.3, 0.4) is 0 Å². The first kappa shape index (κ1) is 19.1. The SMILES string of the molecule is CCOC(=O)c1sc2nc(C)nc(NCCc3ccc(OC)cc3)c2c1C. The zero-order valence-electron chi connectivity index (χ0n) is 16.0. The van der Waals surface area contributed by atoms with E-state index in [1.165, 1.54) is 16.9 Å². The third-order valence-electron chi connectivity index (χ3n) is 4.23. The van der Waals surface area contributed by atoms with E-state index < -0.39 is 0 Å². The number of carbonyl (C=O) groups is 1. The highest BCUT2D eigenvalue weighted by atomic mass is 32.1. The Morgan fingerprint density at radius 1 is 1.19 bits per heavy atom.